The van der Waals surface area contributed by atoms with Gasteiger partial charge in [-0.3, -0.25) is 0 Å². The second kappa shape index (κ2) is 5.56. The number of nitrogens with one attached hydrogen (secondary N) is 2. The third-order valence-electron chi connectivity index (χ3n) is 5.70. The molecule has 1 saturated carbocycles. The number of benzene rings is 2. The molecule has 0 unspecified atom stereocenters. The Kier molecular flexibility index (Phi) is 3.29. The van der Waals surface area contributed by atoms with E-state index < -0.39 is 0 Å². The van der Waals surface area contributed by atoms with E-state index in [1.54, 1.807) is 0 Å². The number of allylic oxidation sites excluding steroid dienone is 1. The van der Waals surface area contributed by atoms with Crippen LogP contribution in [0.1, 0.15) is 30.9 Å². The summed E-state index contributed by atoms with van der Waals surface area (Å²) in [5.41, 5.74) is 5.87. The van der Waals surface area contributed by atoms with E-state index in [-0.39, 0.29) is 5.41 Å². The van der Waals surface area contributed by atoms with E-state index in [1.165, 1.54) is 16.5 Å². The van der Waals surface area contributed by atoms with Gasteiger partial charge in [0.2, 0.25) is 6.79 Å². The maximum absolute atomic E-state index is 5.56. The zero-order chi connectivity index (χ0) is 17.7. The van der Waals surface area contributed by atoms with Crippen molar-refractivity contribution in [3.63, 3.8) is 0 Å². The highest BCUT2D eigenvalue weighted by Gasteiger charge is 2.47. The molecular formula is C22H22N2O2. The van der Waals surface area contributed by atoms with Crippen molar-refractivity contribution in [1.29, 1.82) is 0 Å². The lowest BCUT2D eigenvalue weighted by atomic mass is 9.92. The average Bonchev–Trinajstić information content (AvgIpc) is 3.12. The predicted octanol–water partition coefficient (Wildman–Crippen LogP) is 5.12. The minimum absolute atomic E-state index is 0.0172. The van der Waals surface area contributed by atoms with Gasteiger partial charge in [0.15, 0.2) is 11.5 Å². The van der Waals surface area contributed by atoms with Crippen molar-refractivity contribution in [2.24, 2.45) is 0 Å². The number of hydrogen-bond acceptors (Lipinski definition) is 3. The first-order valence-electron chi connectivity index (χ1n) is 9.16. The molecule has 1 fully saturated rings. The van der Waals surface area contributed by atoms with Crippen molar-refractivity contribution in [3.05, 3.63) is 66.0 Å². The second-order valence-corrected chi connectivity index (χ2v) is 7.18. The van der Waals surface area contributed by atoms with Gasteiger partial charge in [-0.1, -0.05) is 19.6 Å². The highest BCUT2D eigenvalue weighted by molar-refractivity contribution is 5.85. The fourth-order valence-electron chi connectivity index (χ4n) is 3.92. The van der Waals surface area contributed by atoms with Gasteiger partial charge < -0.3 is 19.8 Å². The summed E-state index contributed by atoms with van der Waals surface area (Å²) in [5, 5.41) is 4.87. The fourth-order valence-corrected chi connectivity index (χ4v) is 3.92. The topological polar surface area (TPSA) is 46.3 Å². The number of ether oxygens (including phenoxy) is 2. The van der Waals surface area contributed by atoms with Crippen molar-refractivity contribution in [2.45, 2.75) is 31.6 Å². The van der Waals surface area contributed by atoms with Crippen LogP contribution in [0.4, 0.5) is 5.69 Å². The number of anilines is 1. The first-order valence-corrected chi connectivity index (χ1v) is 9.16. The van der Waals surface area contributed by atoms with E-state index in [0.29, 0.717) is 6.79 Å². The number of aromatic amines is 1. The highest BCUT2D eigenvalue weighted by atomic mass is 16.7. The molecule has 4 heteroatoms. The first-order chi connectivity index (χ1) is 12.7. The Bertz CT molecular complexity index is 1010. The largest absolute Gasteiger partial charge is 0.454 e. The van der Waals surface area contributed by atoms with E-state index >= 15 is 0 Å². The molecule has 2 aromatic carbocycles. The zero-order valence-electron chi connectivity index (χ0n) is 14.9. The first kappa shape index (κ1) is 15.4. The molecule has 3 aromatic rings. The molecule has 0 atom stereocenters. The Balaban J connectivity index is 1.47. The van der Waals surface area contributed by atoms with Crippen LogP contribution in [-0.4, -0.2) is 11.8 Å². The Morgan fingerprint density at radius 2 is 2.00 bits per heavy atom. The molecule has 0 bridgehead atoms. The standard InChI is InChI=1S/C22H22N2O2/c1-3-15-10-16-6-9-23-18(16)12-19(15)24-14(2)22(7-8-22)17-4-5-20-21(11-17)26-13-25-20/h4-6,9-12,23-24H,2-3,7-8,13H2,1H3. The number of aryl methyl sites for hydroxylation is 1. The van der Waals surface area contributed by atoms with Crippen molar-refractivity contribution in [2.75, 3.05) is 12.1 Å². The quantitative estimate of drug-likeness (QED) is 0.674. The number of H-pyrrole nitrogens is 1. The van der Waals surface area contributed by atoms with E-state index in [9.17, 15) is 0 Å². The summed E-state index contributed by atoms with van der Waals surface area (Å²) in [6, 6.07) is 12.8. The summed E-state index contributed by atoms with van der Waals surface area (Å²) in [4.78, 5) is 3.30. The Hall–Kier alpha value is -2.88. The van der Waals surface area contributed by atoms with Crippen molar-refractivity contribution >= 4 is 16.6 Å². The van der Waals surface area contributed by atoms with E-state index in [0.717, 1.165) is 47.7 Å². The van der Waals surface area contributed by atoms with E-state index in [4.69, 9.17) is 9.47 Å². The molecule has 0 saturated heterocycles. The van der Waals surface area contributed by atoms with Crippen molar-refractivity contribution in [1.82, 2.24) is 4.98 Å². The minimum Gasteiger partial charge on any atom is -0.454 e. The molecule has 2 aliphatic rings. The maximum atomic E-state index is 5.56. The van der Waals surface area contributed by atoms with Crippen LogP contribution in [0.5, 0.6) is 11.5 Å². The molecule has 1 aromatic heterocycles. The molecule has 5 rings (SSSR count). The number of hydrogen-bond donors (Lipinski definition) is 2. The summed E-state index contributed by atoms with van der Waals surface area (Å²) in [7, 11) is 0. The minimum atomic E-state index is -0.0172. The lowest BCUT2D eigenvalue weighted by Crippen LogP contribution is -2.17. The van der Waals surface area contributed by atoms with Gasteiger partial charge in [-0.2, -0.15) is 0 Å². The van der Waals surface area contributed by atoms with Crippen molar-refractivity contribution in [3.8, 4) is 11.5 Å². The van der Waals surface area contributed by atoms with Crippen LogP contribution >= 0.6 is 0 Å². The van der Waals surface area contributed by atoms with Crippen LogP contribution in [0.3, 0.4) is 0 Å². The van der Waals surface area contributed by atoms with E-state index in [2.05, 4.69) is 54.1 Å². The highest BCUT2D eigenvalue weighted by Crippen LogP contribution is 2.55. The summed E-state index contributed by atoms with van der Waals surface area (Å²) in [6.07, 6.45) is 5.17. The molecular weight excluding hydrogens is 324 g/mol. The van der Waals surface area contributed by atoms with Crippen LogP contribution in [-0.2, 0) is 11.8 Å². The third kappa shape index (κ3) is 2.29. The average molecular weight is 346 g/mol. The van der Waals surface area contributed by atoms with Gasteiger partial charge in [-0.25, -0.2) is 0 Å². The van der Waals surface area contributed by atoms with Gasteiger partial charge in [0.1, 0.15) is 0 Å². The molecule has 1 aliphatic heterocycles. The second-order valence-electron chi connectivity index (χ2n) is 7.18. The normalized spacial score (nSPS) is 16.7. The Labute approximate surface area is 152 Å². The smallest absolute Gasteiger partial charge is 0.231 e. The van der Waals surface area contributed by atoms with Crippen LogP contribution in [0.15, 0.2) is 54.9 Å². The van der Waals surface area contributed by atoms with E-state index in [1.807, 2.05) is 12.3 Å². The van der Waals surface area contributed by atoms with Gasteiger partial charge in [0.25, 0.3) is 0 Å². The predicted molar refractivity (Wildman–Crippen MR) is 104 cm³/mol. The van der Waals surface area contributed by atoms with Crippen molar-refractivity contribution < 1.29 is 9.47 Å². The SMILES string of the molecule is C=C(Nc1cc2[nH]ccc2cc1CC)C1(c2ccc3c(c2)OCO3)CC1. The third-order valence-corrected chi connectivity index (χ3v) is 5.70. The van der Waals surface area contributed by atoms with Crippen LogP contribution in [0.2, 0.25) is 0 Å². The zero-order valence-corrected chi connectivity index (χ0v) is 14.9. The summed E-state index contributed by atoms with van der Waals surface area (Å²) >= 11 is 0. The lowest BCUT2D eigenvalue weighted by molar-refractivity contribution is 0.174. The molecule has 4 nitrogen and oxygen atoms in total. The lowest BCUT2D eigenvalue weighted by Gasteiger charge is -2.22. The number of aromatic nitrogens is 1. The fraction of sp³-hybridized carbons (Fsp3) is 0.273. The summed E-state index contributed by atoms with van der Waals surface area (Å²) in [5.74, 6) is 1.66. The van der Waals surface area contributed by atoms with Crippen LogP contribution < -0.4 is 14.8 Å². The van der Waals surface area contributed by atoms with Gasteiger partial charge >= 0.3 is 0 Å². The Morgan fingerprint density at radius 1 is 1.15 bits per heavy atom. The van der Waals surface area contributed by atoms with Gasteiger partial charge in [-0.05, 0) is 66.1 Å². The molecule has 26 heavy (non-hydrogen) atoms. The summed E-state index contributed by atoms with van der Waals surface area (Å²) in [6.45, 7) is 6.90. The number of rotatable bonds is 5. The Morgan fingerprint density at radius 3 is 2.81 bits per heavy atom. The monoisotopic (exact) mass is 346 g/mol. The molecule has 2 N–H and O–H groups in total. The van der Waals surface area contributed by atoms with Gasteiger partial charge in [0.05, 0.1) is 0 Å². The van der Waals surface area contributed by atoms with Gasteiger partial charge in [0, 0.05) is 28.5 Å². The molecule has 132 valence electrons. The molecule has 0 radical (unpaired) electrons. The summed E-state index contributed by atoms with van der Waals surface area (Å²) < 4.78 is 11.0. The molecule has 1 aliphatic carbocycles. The van der Waals surface area contributed by atoms with Gasteiger partial charge in [-0.15, -0.1) is 0 Å². The van der Waals surface area contributed by atoms with Crippen LogP contribution in [0, 0.1) is 0 Å². The number of fused-ring (bicyclic) bond motifs is 2. The molecule has 0 amide bonds. The van der Waals surface area contributed by atoms with Crippen LogP contribution in [0.25, 0.3) is 10.9 Å². The maximum Gasteiger partial charge on any atom is 0.231 e. The molecule has 0 spiro atoms. The molecule has 2 heterocycles.